The lowest BCUT2D eigenvalue weighted by molar-refractivity contribution is -0.222. The summed E-state index contributed by atoms with van der Waals surface area (Å²) in [6.45, 7) is 2.10. The highest BCUT2D eigenvalue weighted by Crippen LogP contribution is 2.72. The summed E-state index contributed by atoms with van der Waals surface area (Å²) in [6, 6.07) is 8.87. The molecule has 0 radical (unpaired) electrons. The van der Waals surface area contributed by atoms with Gasteiger partial charge in [0.15, 0.2) is 0 Å². The molecule has 1 heterocycles. The van der Waals surface area contributed by atoms with E-state index in [1.54, 1.807) is 10.8 Å². The molecule has 3 fully saturated rings. The number of carboxylic acids is 1. The lowest BCUT2D eigenvalue weighted by atomic mass is 9.32. The van der Waals surface area contributed by atoms with Crippen LogP contribution in [-0.2, 0) is 17.5 Å². The van der Waals surface area contributed by atoms with Crippen LogP contribution in [0.2, 0.25) is 0 Å². The maximum atomic E-state index is 14.5. The predicted molar refractivity (Wildman–Crippen MR) is 116 cm³/mol. The number of fused-ring (bicyclic) bond motifs is 1. The Labute approximate surface area is 192 Å². The zero-order valence-electron chi connectivity index (χ0n) is 18.2. The molecule has 0 saturated heterocycles. The minimum absolute atomic E-state index is 0.0231. The summed E-state index contributed by atoms with van der Waals surface area (Å²) in [5.41, 5.74) is -0.301. The van der Waals surface area contributed by atoms with Crippen LogP contribution in [0.4, 0.5) is 17.6 Å². The summed E-state index contributed by atoms with van der Waals surface area (Å²) in [5.74, 6) is -1.72. The second-order valence-electron chi connectivity index (χ2n) is 9.61. The van der Waals surface area contributed by atoms with E-state index >= 15 is 0 Å². The summed E-state index contributed by atoms with van der Waals surface area (Å²) in [5, 5.41) is 12.4. The highest BCUT2D eigenvalue weighted by atomic mass is 19.4. The van der Waals surface area contributed by atoms with Gasteiger partial charge in [0.1, 0.15) is 5.82 Å². The number of aromatic nitrogens is 1. The van der Waals surface area contributed by atoms with Gasteiger partial charge in [0.25, 0.3) is 5.91 Å². The van der Waals surface area contributed by atoms with Crippen molar-refractivity contribution in [3.63, 3.8) is 0 Å². The average Bonchev–Trinajstić information content (AvgIpc) is 3.16. The number of amides is 1. The van der Waals surface area contributed by atoms with Crippen LogP contribution in [0, 0.1) is 17.2 Å². The zero-order chi connectivity index (χ0) is 24.5. The van der Waals surface area contributed by atoms with Gasteiger partial charge in [-0.1, -0.05) is 19.1 Å². The molecule has 2 aromatic carbocycles. The summed E-state index contributed by atoms with van der Waals surface area (Å²) >= 11 is 0. The third kappa shape index (κ3) is 3.36. The molecule has 178 valence electrons. The number of carboxylic acid groups (broad SMARTS) is 1. The van der Waals surface area contributed by atoms with E-state index in [1.165, 1.54) is 30.3 Å². The van der Waals surface area contributed by atoms with Gasteiger partial charge in [-0.15, -0.1) is 0 Å². The Morgan fingerprint density at radius 3 is 2.38 bits per heavy atom. The number of nitrogens with one attached hydrogen (secondary N) is 1. The molecule has 2 bridgehead atoms. The largest absolute Gasteiger partial charge is 0.481 e. The third-order valence-corrected chi connectivity index (χ3v) is 7.70. The minimum Gasteiger partial charge on any atom is -0.481 e. The van der Waals surface area contributed by atoms with Gasteiger partial charge < -0.3 is 15.0 Å². The van der Waals surface area contributed by atoms with Crippen LogP contribution in [-0.4, -0.2) is 27.1 Å². The molecule has 3 aliphatic carbocycles. The Morgan fingerprint density at radius 1 is 1.12 bits per heavy atom. The second kappa shape index (κ2) is 7.32. The fourth-order valence-corrected chi connectivity index (χ4v) is 5.81. The van der Waals surface area contributed by atoms with Crippen molar-refractivity contribution in [2.45, 2.75) is 44.4 Å². The monoisotopic (exact) mass is 474 g/mol. The number of carbonyl (C=O) groups excluding carboxylic acids is 1. The topological polar surface area (TPSA) is 71.3 Å². The van der Waals surface area contributed by atoms with Crippen LogP contribution in [0.15, 0.2) is 48.7 Å². The lowest BCUT2D eigenvalue weighted by Gasteiger charge is -2.75. The van der Waals surface area contributed by atoms with Crippen LogP contribution in [0.1, 0.15) is 47.7 Å². The molecular formula is C25H22F4N2O3. The Bertz CT molecular complexity index is 1300. The Morgan fingerprint density at radius 2 is 1.79 bits per heavy atom. The third-order valence-electron chi connectivity index (χ3n) is 7.70. The summed E-state index contributed by atoms with van der Waals surface area (Å²) in [4.78, 5) is 24.4. The van der Waals surface area contributed by atoms with Crippen molar-refractivity contribution in [3.8, 4) is 0 Å². The average molecular weight is 474 g/mol. The van der Waals surface area contributed by atoms with Gasteiger partial charge in [0.2, 0.25) is 0 Å². The SMILES string of the molecule is C[C@H]1C2(CC(=O)O)CC1(NC(=O)c1ccc(F)c3ccn(Cc4ccc(C(F)(F)F)cc4)c13)C2. The molecule has 6 rings (SSSR count). The van der Waals surface area contributed by atoms with Crippen LogP contribution in [0.25, 0.3) is 10.9 Å². The number of alkyl halides is 3. The van der Waals surface area contributed by atoms with E-state index in [0.717, 1.165) is 12.1 Å². The highest BCUT2D eigenvalue weighted by Gasteiger charge is 2.74. The van der Waals surface area contributed by atoms with Gasteiger partial charge in [-0.25, -0.2) is 4.39 Å². The first-order chi connectivity index (χ1) is 15.9. The number of hydrogen-bond acceptors (Lipinski definition) is 2. The molecule has 34 heavy (non-hydrogen) atoms. The molecule has 5 nitrogen and oxygen atoms in total. The second-order valence-corrected chi connectivity index (χ2v) is 9.61. The first kappa shape index (κ1) is 22.4. The van der Waals surface area contributed by atoms with Crippen molar-refractivity contribution in [1.29, 1.82) is 0 Å². The molecule has 3 saturated carbocycles. The standard InChI is InChI=1S/C25H22F4N2O3/c1-14-23(10-20(32)33)12-24(14,13-23)30-22(34)18-6-7-19(26)17-8-9-31(21(17)18)11-15-2-4-16(5-3-15)25(27,28)29/h2-9,14H,10-13H2,1H3,(H,30,34)(H,32,33)/t14-,23?,24?/m0/s1. The zero-order valence-corrected chi connectivity index (χ0v) is 18.2. The Kier molecular flexibility index (Phi) is 4.83. The fraction of sp³-hybridized carbons (Fsp3) is 0.360. The lowest BCUT2D eigenvalue weighted by Crippen LogP contribution is -2.81. The van der Waals surface area contributed by atoms with Crippen LogP contribution in [0.3, 0.4) is 0 Å². The van der Waals surface area contributed by atoms with E-state index in [2.05, 4.69) is 5.32 Å². The van der Waals surface area contributed by atoms with Crippen molar-refractivity contribution < 1.29 is 32.3 Å². The van der Waals surface area contributed by atoms with Crippen molar-refractivity contribution in [3.05, 3.63) is 71.2 Å². The highest BCUT2D eigenvalue weighted by molar-refractivity contribution is 6.06. The molecule has 0 spiro atoms. The van der Waals surface area contributed by atoms with Crippen LogP contribution >= 0.6 is 0 Å². The number of benzene rings is 2. The molecule has 1 aromatic heterocycles. The van der Waals surface area contributed by atoms with E-state index in [4.69, 9.17) is 5.11 Å². The molecule has 0 aliphatic heterocycles. The normalized spacial score (nSPS) is 25.5. The number of carbonyl (C=O) groups is 2. The fourth-order valence-electron chi connectivity index (χ4n) is 5.81. The van der Waals surface area contributed by atoms with Gasteiger partial charge in [-0.05, 0) is 60.1 Å². The first-order valence-electron chi connectivity index (χ1n) is 10.9. The van der Waals surface area contributed by atoms with Gasteiger partial charge in [0, 0.05) is 23.7 Å². The summed E-state index contributed by atoms with van der Waals surface area (Å²) in [7, 11) is 0. The van der Waals surface area contributed by atoms with E-state index in [-0.39, 0.29) is 41.2 Å². The van der Waals surface area contributed by atoms with Crippen molar-refractivity contribution in [2.75, 3.05) is 0 Å². The molecule has 1 amide bonds. The number of rotatable bonds is 6. The van der Waals surface area contributed by atoms with Crippen LogP contribution < -0.4 is 5.32 Å². The summed E-state index contributed by atoms with van der Waals surface area (Å²) < 4.78 is 54.7. The van der Waals surface area contributed by atoms with Gasteiger partial charge in [-0.3, -0.25) is 9.59 Å². The van der Waals surface area contributed by atoms with E-state index < -0.39 is 29.1 Å². The van der Waals surface area contributed by atoms with Crippen molar-refractivity contribution in [2.24, 2.45) is 11.3 Å². The molecule has 1 atom stereocenters. The minimum atomic E-state index is -4.44. The smallest absolute Gasteiger partial charge is 0.416 e. The van der Waals surface area contributed by atoms with E-state index in [9.17, 15) is 27.2 Å². The summed E-state index contributed by atoms with van der Waals surface area (Å²) in [6.07, 6.45) is -1.57. The van der Waals surface area contributed by atoms with Gasteiger partial charge in [-0.2, -0.15) is 13.2 Å². The molecule has 2 N–H and O–H groups in total. The van der Waals surface area contributed by atoms with Crippen LogP contribution in [0.5, 0.6) is 0 Å². The molecule has 0 unspecified atom stereocenters. The molecule has 9 heteroatoms. The Balaban J connectivity index is 1.41. The number of aliphatic carboxylic acids is 1. The maximum absolute atomic E-state index is 14.5. The van der Waals surface area contributed by atoms with Crippen molar-refractivity contribution >= 4 is 22.8 Å². The van der Waals surface area contributed by atoms with Gasteiger partial charge in [0.05, 0.1) is 23.1 Å². The number of nitrogens with zero attached hydrogens (tertiary/aromatic N) is 1. The molecular weight excluding hydrogens is 452 g/mol. The number of hydrogen-bond donors (Lipinski definition) is 2. The quantitative estimate of drug-likeness (QED) is 0.481. The molecule has 3 aliphatic rings. The maximum Gasteiger partial charge on any atom is 0.416 e. The number of halogens is 4. The van der Waals surface area contributed by atoms with Gasteiger partial charge >= 0.3 is 12.1 Å². The molecule has 3 aromatic rings. The first-order valence-corrected chi connectivity index (χ1v) is 10.9. The van der Waals surface area contributed by atoms with E-state index in [0.29, 0.717) is 23.9 Å². The predicted octanol–water partition coefficient (Wildman–Crippen LogP) is 5.22. The Hall–Kier alpha value is -3.36. The van der Waals surface area contributed by atoms with E-state index in [1.807, 2.05) is 6.92 Å². The van der Waals surface area contributed by atoms with Crippen molar-refractivity contribution in [1.82, 2.24) is 9.88 Å².